The Morgan fingerprint density at radius 3 is 2.69 bits per heavy atom. The van der Waals surface area contributed by atoms with Crippen molar-refractivity contribution in [1.82, 2.24) is 0 Å². The second-order valence-corrected chi connectivity index (χ2v) is 3.05. The summed E-state index contributed by atoms with van der Waals surface area (Å²) < 4.78 is 0. The van der Waals surface area contributed by atoms with Gasteiger partial charge in [-0.25, -0.2) is 0 Å². The molecule has 0 heterocycles. The highest BCUT2D eigenvalue weighted by Gasteiger charge is 1.98. The fourth-order valence-electron chi connectivity index (χ4n) is 1.22. The molecule has 70 valence electrons. The number of rotatable bonds is 3. The van der Waals surface area contributed by atoms with E-state index in [1.54, 1.807) is 0 Å². The Bertz CT molecular complexity index is 305. The average Bonchev–Trinajstić information content (AvgIpc) is 2.16. The average molecular weight is 177 g/mol. The first kappa shape index (κ1) is 9.58. The van der Waals surface area contributed by atoms with Crippen LogP contribution in [0.15, 0.2) is 29.4 Å². The molecule has 0 spiro atoms. The molecular formula is C10H15N3. The summed E-state index contributed by atoms with van der Waals surface area (Å²) in [5.41, 5.74) is 8.08. The quantitative estimate of drug-likeness (QED) is 0.315. The third kappa shape index (κ3) is 2.78. The van der Waals surface area contributed by atoms with Crippen molar-refractivity contribution < 1.29 is 0 Å². The number of nitrogens with two attached hydrogens (primary N) is 2. The maximum Gasteiger partial charge on any atom is 0.119 e. The van der Waals surface area contributed by atoms with E-state index >= 15 is 0 Å². The van der Waals surface area contributed by atoms with Gasteiger partial charge in [0, 0.05) is 6.42 Å². The summed E-state index contributed by atoms with van der Waals surface area (Å²) in [6, 6.07) is 8.24. The molecular weight excluding hydrogens is 162 g/mol. The zero-order valence-corrected chi connectivity index (χ0v) is 7.83. The lowest BCUT2D eigenvalue weighted by atomic mass is 10.0. The van der Waals surface area contributed by atoms with Crippen LogP contribution in [0.5, 0.6) is 0 Å². The maximum atomic E-state index is 5.50. The van der Waals surface area contributed by atoms with Crippen LogP contribution in [0.3, 0.4) is 0 Å². The largest absolute Gasteiger partial charge is 0.386 e. The van der Waals surface area contributed by atoms with Crippen molar-refractivity contribution in [2.24, 2.45) is 16.7 Å². The van der Waals surface area contributed by atoms with Gasteiger partial charge in [-0.2, -0.15) is 5.10 Å². The molecule has 13 heavy (non-hydrogen) atoms. The van der Waals surface area contributed by atoms with Gasteiger partial charge in [-0.3, -0.25) is 0 Å². The lowest BCUT2D eigenvalue weighted by molar-refractivity contribution is 0.997. The van der Waals surface area contributed by atoms with Crippen LogP contribution in [-0.4, -0.2) is 5.84 Å². The Labute approximate surface area is 78.4 Å². The molecule has 4 N–H and O–H groups in total. The van der Waals surface area contributed by atoms with Crippen LogP contribution >= 0.6 is 0 Å². The van der Waals surface area contributed by atoms with Gasteiger partial charge >= 0.3 is 0 Å². The Morgan fingerprint density at radius 1 is 1.38 bits per heavy atom. The van der Waals surface area contributed by atoms with Crippen molar-refractivity contribution in [2.45, 2.75) is 19.8 Å². The van der Waals surface area contributed by atoms with Crippen molar-refractivity contribution in [3.05, 3.63) is 35.4 Å². The predicted octanol–water partition coefficient (Wildman–Crippen LogP) is 1.16. The van der Waals surface area contributed by atoms with Crippen molar-refractivity contribution in [1.29, 1.82) is 0 Å². The first-order chi connectivity index (χ1) is 6.24. The molecule has 0 aliphatic heterocycles. The predicted molar refractivity (Wildman–Crippen MR) is 55.3 cm³/mol. The molecule has 0 unspecified atom stereocenters. The molecule has 3 heteroatoms. The monoisotopic (exact) mass is 177 g/mol. The number of nitrogens with zero attached hydrogens (tertiary/aromatic N) is 1. The second-order valence-electron chi connectivity index (χ2n) is 3.05. The van der Waals surface area contributed by atoms with E-state index in [0.717, 1.165) is 12.8 Å². The first-order valence-corrected chi connectivity index (χ1v) is 4.30. The molecule has 3 nitrogen and oxygen atoms in total. The van der Waals surface area contributed by atoms with Crippen molar-refractivity contribution in [3.8, 4) is 0 Å². The Morgan fingerprint density at radius 2 is 2.08 bits per heavy atom. The minimum absolute atomic E-state index is 0.503. The topological polar surface area (TPSA) is 64.4 Å². The van der Waals surface area contributed by atoms with Crippen LogP contribution in [0.25, 0.3) is 0 Å². The summed E-state index contributed by atoms with van der Waals surface area (Å²) >= 11 is 0. The van der Waals surface area contributed by atoms with Crippen LogP contribution in [0.2, 0.25) is 0 Å². The number of hydrogen-bond acceptors (Lipinski definition) is 2. The minimum atomic E-state index is 0.503. The van der Waals surface area contributed by atoms with Gasteiger partial charge in [-0.05, 0) is 24.5 Å². The van der Waals surface area contributed by atoms with Crippen LogP contribution in [0, 0.1) is 6.92 Å². The van der Waals surface area contributed by atoms with Crippen LogP contribution < -0.4 is 11.6 Å². The fraction of sp³-hybridized carbons (Fsp3) is 0.300. The highest BCUT2D eigenvalue weighted by atomic mass is 15.1. The van der Waals surface area contributed by atoms with Crippen molar-refractivity contribution in [3.63, 3.8) is 0 Å². The number of hydrazone groups is 1. The Kier molecular flexibility index (Phi) is 3.31. The number of amidine groups is 1. The molecule has 1 aromatic rings. The first-order valence-electron chi connectivity index (χ1n) is 4.30. The van der Waals surface area contributed by atoms with Gasteiger partial charge in [0.05, 0.1) is 0 Å². The summed E-state index contributed by atoms with van der Waals surface area (Å²) in [5.74, 6) is 5.54. The van der Waals surface area contributed by atoms with E-state index in [-0.39, 0.29) is 0 Å². The van der Waals surface area contributed by atoms with Gasteiger partial charge in [-0.15, -0.1) is 0 Å². The summed E-state index contributed by atoms with van der Waals surface area (Å²) in [6.45, 7) is 2.09. The molecule has 0 radical (unpaired) electrons. The molecule has 0 amide bonds. The summed E-state index contributed by atoms with van der Waals surface area (Å²) in [6.07, 6.45) is 1.63. The van der Waals surface area contributed by atoms with Crippen LogP contribution in [0.4, 0.5) is 0 Å². The smallest absolute Gasteiger partial charge is 0.119 e. The zero-order chi connectivity index (χ0) is 9.68. The molecule has 0 aliphatic carbocycles. The molecule has 0 fully saturated rings. The maximum absolute atomic E-state index is 5.50. The summed E-state index contributed by atoms with van der Waals surface area (Å²) in [5, 5.41) is 3.43. The molecule has 1 rings (SSSR count). The summed E-state index contributed by atoms with van der Waals surface area (Å²) in [4.78, 5) is 0. The van der Waals surface area contributed by atoms with Crippen molar-refractivity contribution >= 4 is 5.84 Å². The number of hydrogen-bond donors (Lipinski definition) is 2. The normalized spacial score (nSPS) is 11.6. The van der Waals surface area contributed by atoms with Gasteiger partial charge in [0.1, 0.15) is 5.84 Å². The van der Waals surface area contributed by atoms with E-state index < -0.39 is 0 Å². The molecule has 0 saturated heterocycles. The number of aryl methyl sites for hydroxylation is 2. The van der Waals surface area contributed by atoms with Gasteiger partial charge in [-0.1, -0.05) is 24.3 Å². The third-order valence-corrected chi connectivity index (χ3v) is 2.08. The lowest BCUT2D eigenvalue weighted by Gasteiger charge is -2.03. The second kappa shape index (κ2) is 4.50. The molecule has 0 aromatic heterocycles. The van der Waals surface area contributed by atoms with E-state index in [0.29, 0.717) is 5.84 Å². The van der Waals surface area contributed by atoms with E-state index in [2.05, 4.69) is 24.2 Å². The SMILES string of the molecule is Cc1ccccc1CC/C(N)=N/N. The standard InChI is InChI=1S/C10H15N3/c1-8-4-2-3-5-9(8)6-7-10(11)13-12/h2-5H,6-7,12H2,1H3,(H2,11,13). The third-order valence-electron chi connectivity index (χ3n) is 2.08. The van der Waals surface area contributed by atoms with Gasteiger partial charge in [0.25, 0.3) is 0 Å². The van der Waals surface area contributed by atoms with Gasteiger partial charge < -0.3 is 11.6 Å². The van der Waals surface area contributed by atoms with Crippen LogP contribution in [-0.2, 0) is 6.42 Å². The fourth-order valence-corrected chi connectivity index (χ4v) is 1.22. The Hall–Kier alpha value is -1.51. The molecule has 0 aliphatic rings. The van der Waals surface area contributed by atoms with E-state index in [4.69, 9.17) is 11.6 Å². The van der Waals surface area contributed by atoms with Gasteiger partial charge in [0.15, 0.2) is 0 Å². The van der Waals surface area contributed by atoms with Crippen molar-refractivity contribution in [2.75, 3.05) is 0 Å². The molecule has 1 aromatic carbocycles. The lowest BCUT2D eigenvalue weighted by Crippen LogP contribution is -2.14. The number of benzene rings is 1. The van der Waals surface area contributed by atoms with E-state index in [1.165, 1.54) is 11.1 Å². The van der Waals surface area contributed by atoms with Crippen LogP contribution in [0.1, 0.15) is 17.5 Å². The van der Waals surface area contributed by atoms with E-state index in [1.807, 2.05) is 12.1 Å². The van der Waals surface area contributed by atoms with E-state index in [9.17, 15) is 0 Å². The highest BCUT2D eigenvalue weighted by molar-refractivity contribution is 5.80. The minimum Gasteiger partial charge on any atom is -0.386 e. The molecule has 0 atom stereocenters. The highest BCUT2D eigenvalue weighted by Crippen LogP contribution is 2.08. The van der Waals surface area contributed by atoms with Gasteiger partial charge in [0.2, 0.25) is 0 Å². The summed E-state index contributed by atoms with van der Waals surface area (Å²) in [7, 11) is 0. The zero-order valence-electron chi connectivity index (χ0n) is 7.83. The Balaban J connectivity index is 2.60. The molecule has 0 saturated carbocycles. The molecule has 0 bridgehead atoms.